The third-order valence-electron chi connectivity index (χ3n) is 11.7. The van der Waals surface area contributed by atoms with Crippen LogP contribution < -0.4 is 0 Å². The molecule has 0 N–H and O–H groups in total. The maximum absolute atomic E-state index is 12.1. The van der Waals surface area contributed by atoms with Crippen molar-refractivity contribution in [3.63, 3.8) is 0 Å². The Morgan fingerprint density at radius 3 is 0.897 bits per heavy atom. The van der Waals surface area contributed by atoms with E-state index in [-0.39, 0.29) is 34.7 Å². The Labute approximate surface area is 446 Å². The zero-order valence-corrected chi connectivity index (χ0v) is 41.1. The zero-order valence-electron chi connectivity index (χ0n) is 41.1. The molecule has 0 bridgehead atoms. The maximum atomic E-state index is 12.1. The van der Waals surface area contributed by atoms with Crippen LogP contribution in [0.4, 0.5) is 0 Å². The molecule has 0 aliphatic heterocycles. The standard InChI is InChI=1S/C14H8O2.C14H10O2.C12H8O2.2C10H6O2.C6H4O2/c15-13-9-5-1-2-6-10(9)14(16)12-8-4-3-7-11(12)13;15-13(11-7-3-1-4-8-11)14(16)12-9-5-2-6-10-12;13-11-5-1-9(2-6-11)10-3-7-12(14)8-4-10;11-9-5-6-10(12)8-4-2-1-3-7(8)9;11-9-6-5-7-3-1-2-4-8(7)10(9)12;7-5-3-1-2-4-6(5)8/h1-8H;1-10H;1-8H;2*1-6H;1-4H. The highest BCUT2D eigenvalue weighted by molar-refractivity contribution is 6.50. The predicted octanol–water partition coefficient (Wildman–Crippen LogP) is 10.2. The van der Waals surface area contributed by atoms with Gasteiger partial charge in [-0.2, -0.15) is 0 Å². The van der Waals surface area contributed by atoms with E-state index >= 15 is 0 Å². The van der Waals surface area contributed by atoms with Gasteiger partial charge >= 0.3 is 0 Å². The quantitative estimate of drug-likeness (QED) is 0.0921. The summed E-state index contributed by atoms with van der Waals surface area (Å²) in [6, 6.07) is 45.0. The highest BCUT2D eigenvalue weighted by Crippen LogP contribution is 2.27. The number of carbonyl (C=O) groups is 12. The largest absolute Gasteiger partial charge is 0.290 e. The number of ketones is 12. The molecule has 78 heavy (non-hydrogen) atoms. The van der Waals surface area contributed by atoms with Crippen molar-refractivity contribution in [2.75, 3.05) is 0 Å². The molecular formula is C66H42O12. The van der Waals surface area contributed by atoms with E-state index in [1.54, 1.807) is 176 Å². The molecule has 0 aromatic heterocycles. The number of rotatable bonds is 3. The fourth-order valence-electron chi connectivity index (χ4n) is 7.70. The van der Waals surface area contributed by atoms with Crippen molar-refractivity contribution in [1.29, 1.82) is 0 Å². The summed E-state index contributed by atoms with van der Waals surface area (Å²) in [6.45, 7) is 0. The number of Topliss-reactive ketones (excluding diaryl/α,β-unsaturated/α-hetero) is 3. The van der Waals surface area contributed by atoms with E-state index in [2.05, 4.69) is 0 Å². The average molecular weight is 1030 g/mol. The van der Waals surface area contributed by atoms with Gasteiger partial charge in [-0.1, -0.05) is 200 Å². The molecule has 0 heterocycles. The van der Waals surface area contributed by atoms with Gasteiger partial charge in [0.15, 0.2) is 34.7 Å². The molecule has 0 saturated heterocycles. The molecule has 0 radical (unpaired) electrons. The number of fused-ring (bicyclic) bond motifs is 4. The molecule has 12 rings (SSSR count). The molecule has 6 aromatic carbocycles. The second-order valence-corrected chi connectivity index (χ2v) is 16.9. The number of allylic oxidation sites excluding steroid dienone is 17. The first-order valence-electron chi connectivity index (χ1n) is 23.9. The highest BCUT2D eigenvalue weighted by Gasteiger charge is 2.28. The second-order valence-electron chi connectivity index (χ2n) is 16.9. The fraction of sp³-hybridized carbons (Fsp3) is 0. The van der Waals surface area contributed by atoms with Crippen LogP contribution in [0.2, 0.25) is 0 Å². The van der Waals surface area contributed by atoms with E-state index in [4.69, 9.17) is 0 Å². The second kappa shape index (κ2) is 26.3. The van der Waals surface area contributed by atoms with Gasteiger partial charge in [0.25, 0.3) is 0 Å². The molecule has 0 amide bonds. The smallest absolute Gasteiger partial charge is 0.233 e. The molecule has 0 saturated carbocycles. The van der Waals surface area contributed by atoms with Gasteiger partial charge < -0.3 is 0 Å². The number of carbonyl (C=O) groups excluding carboxylic acids is 12. The zero-order chi connectivity index (χ0) is 55.6. The molecule has 12 heteroatoms. The van der Waals surface area contributed by atoms with Crippen molar-refractivity contribution in [2.45, 2.75) is 0 Å². The molecule has 378 valence electrons. The Morgan fingerprint density at radius 2 is 0.538 bits per heavy atom. The van der Waals surface area contributed by atoms with Gasteiger partial charge in [-0.3, -0.25) is 57.5 Å². The van der Waals surface area contributed by atoms with Gasteiger partial charge in [0.2, 0.25) is 34.7 Å². The Bertz CT molecular complexity index is 3470. The maximum Gasteiger partial charge on any atom is 0.233 e. The summed E-state index contributed by atoms with van der Waals surface area (Å²) >= 11 is 0. The Kier molecular flexibility index (Phi) is 18.5. The van der Waals surface area contributed by atoms with Crippen molar-refractivity contribution in [3.05, 3.63) is 316 Å². The van der Waals surface area contributed by atoms with E-state index in [1.165, 1.54) is 54.7 Å². The Balaban J connectivity index is 0.000000137. The summed E-state index contributed by atoms with van der Waals surface area (Å²) in [6.07, 6.45) is 24.3. The Morgan fingerprint density at radius 1 is 0.231 bits per heavy atom. The first kappa shape index (κ1) is 54.8. The molecule has 0 spiro atoms. The van der Waals surface area contributed by atoms with Crippen LogP contribution in [0.1, 0.15) is 89.2 Å². The summed E-state index contributed by atoms with van der Waals surface area (Å²) in [5.74, 6) is -2.98. The van der Waals surface area contributed by atoms with Gasteiger partial charge in [0.05, 0.1) is 0 Å². The van der Waals surface area contributed by atoms with Crippen LogP contribution in [0, 0.1) is 0 Å². The van der Waals surface area contributed by atoms with Gasteiger partial charge in [0, 0.05) is 50.1 Å². The van der Waals surface area contributed by atoms with Gasteiger partial charge in [-0.15, -0.1) is 0 Å². The molecule has 0 unspecified atom stereocenters. The topological polar surface area (TPSA) is 205 Å². The van der Waals surface area contributed by atoms with Crippen LogP contribution >= 0.6 is 0 Å². The van der Waals surface area contributed by atoms with Crippen molar-refractivity contribution >= 4 is 75.5 Å². The molecule has 6 aliphatic rings. The molecule has 12 nitrogen and oxygen atoms in total. The minimum atomic E-state index is -0.466. The monoisotopic (exact) mass is 1030 g/mol. The predicted molar refractivity (Wildman–Crippen MR) is 292 cm³/mol. The third kappa shape index (κ3) is 14.0. The Hall–Kier alpha value is -11.0. The van der Waals surface area contributed by atoms with Crippen molar-refractivity contribution < 1.29 is 57.5 Å². The van der Waals surface area contributed by atoms with E-state index in [1.807, 2.05) is 24.3 Å². The summed E-state index contributed by atoms with van der Waals surface area (Å²) in [4.78, 5) is 135. The SMILES string of the molecule is O=C(C(=O)c1ccccc1)c1ccccc1.O=C1C=CC(=C2C=CC(=O)C=C2)C=C1.O=C1C=CC(=O)c2ccccc21.O=C1C=CC=CC1=O.O=C1C=Cc2ccccc2C1=O.O=C1c2ccccc2C(=O)c2ccccc21. The summed E-state index contributed by atoms with van der Waals surface area (Å²) < 4.78 is 0. The minimum Gasteiger partial charge on any atom is -0.290 e. The average Bonchev–Trinajstić information content (AvgIpc) is 3.51. The molecule has 0 fully saturated rings. The first-order valence-corrected chi connectivity index (χ1v) is 23.9. The minimum absolute atomic E-state index is 0.00537. The fourth-order valence-corrected chi connectivity index (χ4v) is 7.70. The number of hydrogen-bond acceptors (Lipinski definition) is 12. The lowest BCUT2D eigenvalue weighted by atomic mass is 9.84. The number of benzene rings is 6. The normalized spacial score (nSPS) is 14.6. The van der Waals surface area contributed by atoms with Crippen molar-refractivity contribution in [2.24, 2.45) is 0 Å². The van der Waals surface area contributed by atoms with E-state index in [9.17, 15) is 57.5 Å². The molecular weight excluding hydrogens is 985 g/mol. The van der Waals surface area contributed by atoms with Gasteiger partial charge in [0.1, 0.15) is 0 Å². The summed E-state index contributed by atoms with van der Waals surface area (Å²) in [5, 5.41) is 0. The van der Waals surface area contributed by atoms with E-state index in [0.29, 0.717) is 50.1 Å². The van der Waals surface area contributed by atoms with Crippen LogP contribution in [-0.4, -0.2) is 69.4 Å². The molecule has 0 atom stereocenters. The highest BCUT2D eigenvalue weighted by atomic mass is 16.2. The molecule has 6 aromatic rings. The van der Waals surface area contributed by atoms with E-state index in [0.717, 1.165) is 16.7 Å². The lowest BCUT2D eigenvalue weighted by Gasteiger charge is -2.16. The first-order chi connectivity index (χ1) is 37.7. The van der Waals surface area contributed by atoms with Crippen LogP contribution in [0.25, 0.3) is 6.08 Å². The van der Waals surface area contributed by atoms with Gasteiger partial charge in [-0.25, -0.2) is 0 Å². The molecule has 6 aliphatic carbocycles. The third-order valence-corrected chi connectivity index (χ3v) is 11.7. The van der Waals surface area contributed by atoms with Crippen LogP contribution in [0.3, 0.4) is 0 Å². The van der Waals surface area contributed by atoms with Crippen LogP contribution in [0.5, 0.6) is 0 Å². The summed E-state index contributed by atoms with van der Waals surface area (Å²) in [7, 11) is 0. The van der Waals surface area contributed by atoms with Crippen LogP contribution in [-0.2, 0) is 24.0 Å². The number of hydrogen-bond donors (Lipinski definition) is 0. The van der Waals surface area contributed by atoms with Gasteiger partial charge in [-0.05, 0) is 71.4 Å². The van der Waals surface area contributed by atoms with Crippen LogP contribution in [0.15, 0.2) is 260 Å². The van der Waals surface area contributed by atoms with Crippen molar-refractivity contribution in [3.8, 4) is 0 Å². The van der Waals surface area contributed by atoms with Crippen molar-refractivity contribution in [1.82, 2.24) is 0 Å². The summed E-state index contributed by atoms with van der Waals surface area (Å²) in [5.41, 5.74) is 7.11. The van der Waals surface area contributed by atoms with E-state index < -0.39 is 34.7 Å². The lowest BCUT2D eigenvalue weighted by molar-refractivity contribution is -0.131. The lowest BCUT2D eigenvalue weighted by Crippen LogP contribution is -2.20.